The van der Waals surface area contributed by atoms with Gasteiger partial charge in [-0.3, -0.25) is 9.59 Å². The van der Waals surface area contributed by atoms with Crippen molar-refractivity contribution in [3.63, 3.8) is 0 Å². The maximum absolute atomic E-state index is 12.6. The van der Waals surface area contributed by atoms with Gasteiger partial charge in [0.25, 0.3) is 0 Å². The Morgan fingerprint density at radius 3 is 1.42 bits per heavy atom. The van der Waals surface area contributed by atoms with Crippen molar-refractivity contribution < 1.29 is 52.8 Å². The van der Waals surface area contributed by atoms with Crippen molar-refractivity contribution in [1.82, 2.24) is 10.6 Å². The van der Waals surface area contributed by atoms with E-state index in [9.17, 15) is 29.1 Å². The largest absolute Gasteiger partial charge is 0.481 e. The first-order valence-corrected chi connectivity index (χ1v) is 16.9. The van der Waals surface area contributed by atoms with Crippen LogP contribution in [0.5, 0.6) is 11.5 Å². The molecule has 288 valence electrons. The molecule has 0 aromatic heterocycles. The lowest BCUT2D eigenvalue weighted by molar-refractivity contribution is -0.142. The van der Waals surface area contributed by atoms with Gasteiger partial charge in [-0.2, -0.15) is 0 Å². The second kappa shape index (κ2) is 23.0. The number of hydrogen-bond acceptors (Lipinski definition) is 10. The lowest BCUT2D eigenvalue weighted by Gasteiger charge is -2.23. The fourth-order valence-corrected chi connectivity index (χ4v) is 4.14. The monoisotopic (exact) mass is 736 g/mol. The first-order chi connectivity index (χ1) is 24.8. The third-order valence-corrected chi connectivity index (χ3v) is 6.57. The number of nitrogens with one attached hydrogen (secondary N) is 2. The molecule has 0 saturated carbocycles. The summed E-state index contributed by atoms with van der Waals surface area (Å²) in [4.78, 5) is 59.2. The van der Waals surface area contributed by atoms with E-state index in [1.165, 1.54) is 7.11 Å². The summed E-state index contributed by atoms with van der Waals surface area (Å²) in [6.45, 7) is 14.4. The molecular weight excluding hydrogens is 684 g/mol. The fourth-order valence-electron chi connectivity index (χ4n) is 4.14. The van der Waals surface area contributed by atoms with Gasteiger partial charge in [0.2, 0.25) is 0 Å². The maximum Gasteiger partial charge on any atom is 0.408 e. The summed E-state index contributed by atoms with van der Waals surface area (Å²) < 4.78 is 25.8. The molecule has 0 saturated heterocycles. The van der Waals surface area contributed by atoms with E-state index in [-0.39, 0.29) is 31.5 Å². The highest BCUT2D eigenvalue weighted by Gasteiger charge is 2.26. The highest BCUT2D eigenvalue weighted by molar-refractivity contribution is 5.90. The number of hydrogen-bond donors (Lipinski definition) is 3. The number of aliphatic carboxylic acids is 1. The molecule has 13 heteroatoms. The van der Waals surface area contributed by atoms with Crippen LogP contribution in [0.2, 0.25) is 0 Å². The number of esters is 1. The molecule has 0 unspecified atom stereocenters. The van der Waals surface area contributed by atoms with E-state index in [1.54, 1.807) is 91.8 Å². The number of ketones is 1. The zero-order valence-corrected chi connectivity index (χ0v) is 32.0. The average molecular weight is 737 g/mol. The number of methoxy groups -OCH3 is 1. The summed E-state index contributed by atoms with van der Waals surface area (Å²) >= 11 is 0. The van der Waals surface area contributed by atoms with Gasteiger partial charge < -0.3 is 39.4 Å². The fraction of sp³-hybridized carbons (Fsp3) is 0.475. The van der Waals surface area contributed by atoms with Crippen molar-refractivity contribution in [1.29, 1.82) is 0 Å². The van der Waals surface area contributed by atoms with Gasteiger partial charge in [0, 0.05) is 12.8 Å². The van der Waals surface area contributed by atoms with Crippen molar-refractivity contribution in [3.8, 4) is 35.2 Å². The Bertz CT molecular complexity index is 1620. The number of amides is 2. The van der Waals surface area contributed by atoms with Crippen LogP contribution in [0.1, 0.15) is 79.4 Å². The highest BCUT2D eigenvalue weighted by Crippen LogP contribution is 2.16. The van der Waals surface area contributed by atoms with Crippen LogP contribution in [0.3, 0.4) is 0 Å². The Hall–Kier alpha value is -5.69. The molecule has 0 aliphatic carbocycles. The minimum Gasteiger partial charge on any atom is -0.481 e. The Kier molecular flexibility index (Phi) is 19.7. The van der Waals surface area contributed by atoms with E-state index in [1.807, 2.05) is 12.1 Å². The molecule has 0 spiro atoms. The van der Waals surface area contributed by atoms with Gasteiger partial charge in [0.1, 0.15) is 42.0 Å². The third kappa shape index (κ3) is 21.3. The van der Waals surface area contributed by atoms with Gasteiger partial charge in [-0.15, -0.1) is 11.8 Å². The molecule has 0 fully saturated rings. The molecule has 2 atom stereocenters. The molecule has 13 nitrogen and oxygen atoms in total. The number of alkyl carbamates (subject to hydrolysis) is 2. The molecule has 3 N–H and O–H groups in total. The summed E-state index contributed by atoms with van der Waals surface area (Å²) in [5.41, 5.74) is 0.205. The Morgan fingerprint density at radius 2 is 1.06 bits per heavy atom. The summed E-state index contributed by atoms with van der Waals surface area (Å²) in [7, 11) is 1.26. The smallest absolute Gasteiger partial charge is 0.408 e. The predicted molar refractivity (Wildman–Crippen MR) is 198 cm³/mol. The number of ether oxygens (including phenoxy) is 5. The summed E-state index contributed by atoms with van der Waals surface area (Å²) in [5, 5.41) is 14.2. The minimum absolute atomic E-state index is 0.0377. The van der Waals surface area contributed by atoms with Crippen LogP contribution in [-0.2, 0) is 41.4 Å². The van der Waals surface area contributed by atoms with Crippen molar-refractivity contribution in [3.05, 3.63) is 59.7 Å². The van der Waals surface area contributed by atoms with E-state index in [0.717, 1.165) is 11.1 Å². The average Bonchev–Trinajstić information content (AvgIpc) is 3.06. The number of Topliss-reactive ketones (excluding diaryl/α,β-unsaturated/α-hetero) is 1. The predicted octanol–water partition coefficient (Wildman–Crippen LogP) is 5.66. The Morgan fingerprint density at radius 1 is 0.660 bits per heavy atom. The van der Waals surface area contributed by atoms with Crippen molar-refractivity contribution >= 4 is 29.9 Å². The van der Waals surface area contributed by atoms with Gasteiger partial charge in [-0.25, -0.2) is 14.4 Å². The Labute approximate surface area is 312 Å². The number of rotatable bonds is 15. The number of benzene rings is 2. The van der Waals surface area contributed by atoms with E-state index >= 15 is 0 Å². The van der Waals surface area contributed by atoms with E-state index in [0.29, 0.717) is 24.7 Å². The van der Waals surface area contributed by atoms with E-state index < -0.39 is 47.4 Å². The lowest BCUT2D eigenvalue weighted by atomic mass is 9.99. The normalized spacial score (nSPS) is 11.6. The van der Waals surface area contributed by atoms with E-state index in [4.69, 9.17) is 18.9 Å². The first-order valence-electron chi connectivity index (χ1n) is 16.9. The van der Waals surface area contributed by atoms with Crippen LogP contribution < -0.4 is 20.1 Å². The highest BCUT2D eigenvalue weighted by atomic mass is 16.6. The van der Waals surface area contributed by atoms with Crippen LogP contribution in [0.4, 0.5) is 9.59 Å². The van der Waals surface area contributed by atoms with Crippen molar-refractivity contribution in [2.24, 2.45) is 0 Å². The molecule has 0 heterocycles. The van der Waals surface area contributed by atoms with Gasteiger partial charge in [0.15, 0.2) is 5.78 Å². The zero-order valence-electron chi connectivity index (χ0n) is 32.0. The molecule has 2 rings (SSSR count). The summed E-state index contributed by atoms with van der Waals surface area (Å²) in [6.07, 6.45) is -1.13. The quantitative estimate of drug-likeness (QED) is 0.117. The molecule has 0 bridgehead atoms. The minimum atomic E-state index is -1.13. The SMILES string of the molecule is CC#CCOc1ccc(C[C@H](NC(=O)OC(C)(C)C)C(=O)CCC(=O)OC)cc1.CC#CCOc1ccc(C[C@H](NC(=O)OC(C)(C)C)C(=O)O)cc1. The number of carbonyl (C=O) groups excluding carboxylic acids is 4. The number of carboxylic acids is 1. The van der Waals surface area contributed by atoms with Crippen LogP contribution in [0.25, 0.3) is 0 Å². The molecular formula is C40H52N2O11. The molecule has 2 aromatic rings. The molecule has 0 radical (unpaired) electrons. The zero-order chi connectivity index (χ0) is 40.0. The third-order valence-electron chi connectivity index (χ3n) is 6.57. The van der Waals surface area contributed by atoms with Crippen LogP contribution in [-0.4, -0.2) is 78.6 Å². The van der Waals surface area contributed by atoms with Gasteiger partial charge >= 0.3 is 24.1 Å². The summed E-state index contributed by atoms with van der Waals surface area (Å²) in [6, 6.07) is 12.2. The van der Waals surface area contributed by atoms with Gasteiger partial charge in [-0.05, 0) is 97.2 Å². The number of carbonyl (C=O) groups is 5. The topological polar surface area (TPSA) is 176 Å². The van der Waals surface area contributed by atoms with Crippen molar-refractivity contribution in [2.45, 2.75) is 104 Å². The van der Waals surface area contributed by atoms with Gasteiger partial charge in [-0.1, -0.05) is 36.1 Å². The summed E-state index contributed by atoms with van der Waals surface area (Å²) in [5.74, 6) is 10.5. The lowest BCUT2D eigenvalue weighted by Crippen LogP contribution is -2.44. The molecule has 53 heavy (non-hydrogen) atoms. The second-order valence-electron chi connectivity index (χ2n) is 13.4. The van der Waals surface area contributed by atoms with E-state index in [2.05, 4.69) is 39.1 Å². The maximum atomic E-state index is 12.6. The molecule has 0 aliphatic heterocycles. The standard InChI is InChI=1S/C22H29NO6.C18H23NO5/c1-6-7-14-28-17-10-8-16(9-11-17)15-18(19(24)12-13-20(25)27-5)23-21(26)29-22(2,3)4;1-5-6-11-23-14-9-7-13(8-10-14)12-15(16(20)21)19-17(22)24-18(2,3)4/h8-11,18H,12-15H2,1-5H3,(H,23,26);7-10,15H,11-12H2,1-4H3,(H,19,22)(H,20,21)/t18-;15-/m00/s1. The molecule has 0 aliphatic rings. The second-order valence-corrected chi connectivity index (χ2v) is 13.4. The Balaban J connectivity index is 0.000000540. The molecule has 2 aromatic carbocycles. The molecule has 2 amide bonds. The van der Waals surface area contributed by atoms with Gasteiger partial charge in [0.05, 0.1) is 19.6 Å². The first kappa shape index (κ1) is 45.3. The van der Waals surface area contributed by atoms with Crippen LogP contribution in [0, 0.1) is 23.7 Å². The van der Waals surface area contributed by atoms with Crippen LogP contribution >= 0.6 is 0 Å². The number of carboxylic acid groups (broad SMARTS) is 1. The van der Waals surface area contributed by atoms with Crippen molar-refractivity contribution in [2.75, 3.05) is 20.3 Å². The van der Waals surface area contributed by atoms with Crippen LogP contribution in [0.15, 0.2) is 48.5 Å².